The summed E-state index contributed by atoms with van der Waals surface area (Å²) in [5.74, 6) is -1.52. The number of alkyl carbamates (subject to hydrolysis) is 1. The number of hydrogen-bond donors (Lipinski definition) is 2. The molecule has 0 bridgehead atoms. The Labute approximate surface area is 177 Å². The predicted octanol–water partition coefficient (Wildman–Crippen LogP) is 2.14. The van der Waals surface area contributed by atoms with Crippen LogP contribution in [0.3, 0.4) is 0 Å². The van der Waals surface area contributed by atoms with E-state index in [1.54, 1.807) is 20.8 Å². The van der Waals surface area contributed by atoms with Crippen LogP contribution in [-0.4, -0.2) is 54.9 Å². The SMILES string of the molecule is CON(C)C(=O)[C@@](N)(CCCCNC(=O)OCc1ccccc1)C(=O)OC(C)(C)C. The minimum atomic E-state index is -1.88. The topological polar surface area (TPSA) is 120 Å². The Bertz CT molecular complexity index is 704. The van der Waals surface area contributed by atoms with Gasteiger partial charge in [0.25, 0.3) is 5.91 Å². The van der Waals surface area contributed by atoms with Crippen LogP contribution in [-0.2, 0) is 30.5 Å². The van der Waals surface area contributed by atoms with E-state index in [1.165, 1.54) is 14.2 Å². The Hall–Kier alpha value is -2.65. The van der Waals surface area contributed by atoms with Crippen LogP contribution >= 0.6 is 0 Å². The maximum atomic E-state index is 12.6. The maximum Gasteiger partial charge on any atom is 0.407 e. The molecule has 2 amide bonds. The number of nitrogens with one attached hydrogen (secondary N) is 1. The van der Waals surface area contributed by atoms with E-state index in [0.717, 1.165) is 10.6 Å². The van der Waals surface area contributed by atoms with Crippen molar-refractivity contribution in [3.8, 4) is 0 Å². The number of ether oxygens (including phenoxy) is 2. The van der Waals surface area contributed by atoms with E-state index >= 15 is 0 Å². The number of nitrogens with zero attached hydrogens (tertiary/aromatic N) is 1. The van der Waals surface area contributed by atoms with Crippen molar-refractivity contribution in [2.24, 2.45) is 5.73 Å². The largest absolute Gasteiger partial charge is 0.458 e. The monoisotopic (exact) mass is 423 g/mol. The molecule has 0 aromatic heterocycles. The van der Waals surface area contributed by atoms with Gasteiger partial charge in [0.1, 0.15) is 12.2 Å². The van der Waals surface area contributed by atoms with Crippen molar-refractivity contribution in [1.82, 2.24) is 10.4 Å². The minimum Gasteiger partial charge on any atom is -0.458 e. The van der Waals surface area contributed by atoms with Gasteiger partial charge in [-0.1, -0.05) is 30.3 Å². The van der Waals surface area contributed by atoms with Crippen molar-refractivity contribution < 1.29 is 28.7 Å². The van der Waals surface area contributed by atoms with Crippen LogP contribution in [0, 0.1) is 0 Å². The zero-order chi connectivity index (χ0) is 22.8. The lowest BCUT2D eigenvalue weighted by Crippen LogP contribution is -2.61. The third-order valence-corrected chi connectivity index (χ3v) is 4.18. The van der Waals surface area contributed by atoms with Gasteiger partial charge in [-0.05, 0) is 45.6 Å². The Kier molecular flexibility index (Phi) is 9.74. The Morgan fingerprint density at radius 1 is 1.10 bits per heavy atom. The third kappa shape index (κ3) is 8.38. The number of rotatable bonds is 10. The van der Waals surface area contributed by atoms with Crippen LogP contribution in [0.15, 0.2) is 30.3 Å². The number of likely N-dealkylation sites (N-methyl/N-ethyl adjacent to an activating group) is 1. The molecule has 3 N–H and O–H groups in total. The lowest BCUT2D eigenvalue weighted by molar-refractivity contribution is -0.185. The van der Waals surface area contributed by atoms with Gasteiger partial charge in [0.05, 0.1) is 7.11 Å². The molecule has 1 aromatic rings. The zero-order valence-corrected chi connectivity index (χ0v) is 18.4. The fraction of sp³-hybridized carbons (Fsp3) is 0.571. The molecule has 0 saturated carbocycles. The Balaban J connectivity index is 2.51. The van der Waals surface area contributed by atoms with E-state index < -0.39 is 29.1 Å². The van der Waals surface area contributed by atoms with E-state index in [0.29, 0.717) is 19.4 Å². The normalized spacial score (nSPS) is 13.1. The number of esters is 1. The first-order valence-corrected chi connectivity index (χ1v) is 9.79. The molecule has 9 heteroatoms. The molecular formula is C21H33N3O6. The van der Waals surface area contributed by atoms with Crippen LogP contribution in [0.1, 0.15) is 45.6 Å². The first-order chi connectivity index (χ1) is 14.0. The number of benzene rings is 1. The summed E-state index contributed by atoms with van der Waals surface area (Å²) in [6.45, 7) is 5.57. The molecule has 0 aliphatic carbocycles. The van der Waals surface area contributed by atoms with E-state index in [2.05, 4.69) is 5.32 Å². The summed E-state index contributed by atoms with van der Waals surface area (Å²) in [6, 6.07) is 9.33. The Morgan fingerprint density at radius 3 is 2.30 bits per heavy atom. The van der Waals surface area contributed by atoms with E-state index in [-0.39, 0.29) is 13.0 Å². The second kappa shape index (κ2) is 11.5. The number of hydroxylamine groups is 2. The summed E-state index contributed by atoms with van der Waals surface area (Å²) in [4.78, 5) is 41.8. The van der Waals surface area contributed by atoms with Crippen LogP contribution in [0.4, 0.5) is 4.79 Å². The lowest BCUT2D eigenvalue weighted by atomic mass is 9.92. The summed E-state index contributed by atoms with van der Waals surface area (Å²) >= 11 is 0. The van der Waals surface area contributed by atoms with Crippen LogP contribution in [0.25, 0.3) is 0 Å². The zero-order valence-electron chi connectivity index (χ0n) is 18.4. The number of carbonyl (C=O) groups is 3. The standard InChI is InChI=1S/C21H33N3O6/c1-20(2,3)30-18(26)21(22,17(25)24(4)28-5)13-9-10-14-23-19(27)29-15-16-11-7-6-8-12-16/h6-8,11-12H,9-10,13-15,22H2,1-5H3,(H,23,27)/t21-/m0/s1. The summed E-state index contributed by atoms with van der Waals surface area (Å²) in [5.41, 5.74) is 4.38. The molecule has 0 aliphatic heterocycles. The van der Waals surface area contributed by atoms with E-state index in [1.807, 2.05) is 30.3 Å². The fourth-order valence-electron chi connectivity index (χ4n) is 2.52. The molecule has 0 spiro atoms. The molecule has 0 aliphatic rings. The molecule has 0 saturated heterocycles. The summed E-state index contributed by atoms with van der Waals surface area (Å²) in [7, 11) is 2.68. The van der Waals surface area contributed by atoms with Gasteiger partial charge in [-0.25, -0.2) is 14.7 Å². The Morgan fingerprint density at radius 2 is 1.73 bits per heavy atom. The molecule has 9 nitrogen and oxygen atoms in total. The van der Waals surface area contributed by atoms with Crippen LogP contribution in [0.2, 0.25) is 0 Å². The maximum absolute atomic E-state index is 12.6. The summed E-state index contributed by atoms with van der Waals surface area (Å²) in [6.07, 6.45) is 0.388. The molecule has 1 aromatic carbocycles. The molecule has 30 heavy (non-hydrogen) atoms. The van der Waals surface area contributed by atoms with Gasteiger partial charge in [-0.15, -0.1) is 0 Å². The highest BCUT2D eigenvalue weighted by atomic mass is 16.7. The van der Waals surface area contributed by atoms with Crippen LogP contribution < -0.4 is 11.1 Å². The molecule has 0 unspecified atom stereocenters. The first kappa shape index (κ1) is 25.4. The van der Waals surface area contributed by atoms with Gasteiger partial charge in [0.2, 0.25) is 0 Å². The quantitative estimate of drug-likeness (QED) is 0.256. The number of hydrogen-bond acceptors (Lipinski definition) is 7. The van der Waals surface area contributed by atoms with Crippen molar-refractivity contribution in [2.75, 3.05) is 20.7 Å². The molecule has 0 radical (unpaired) electrons. The average Bonchev–Trinajstić information content (AvgIpc) is 2.70. The highest BCUT2D eigenvalue weighted by molar-refractivity contribution is 6.06. The second-order valence-electron chi connectivity index (χ2n) is 7.90. The van der Waals surface area contributed by atoms with Crippen molar-refractivity contribution in [2.45, 2.75) is 57.8 Å². The second-order valence-corrected chi connectivity index (χ2v) is 7.90. The molecule has 0 heterocycles. The van der Waals surface area contributed by atoms with Gasteiger partial charge >= 0.3 is 12.1 Å². The highest BCUT2D eigenvalue weighted by Crippen LogP contribution is 2.20. The molecular weight excluding hydrogens is 390 g/mol. The molecule has 0 fully saturated rings. The summed E-state index contributed by atoms with van der Waals surface area (Å²) in [5, 5.41) is 3.54. The molecule has 168 valence electrons. The minimum absolute atomic E-state index is 0.0369. The van der Waals surface area contributed by atoms with E-state index in [4.69, 9.17) is 20.0 Å². The van der Waals surface area contributed by atoms with E-state index in [9.17, 15) is 14.4 Å². The van der Waals surface area contributed by atoms with Crippen molar-refractivity contribution >= 4 is 18.0 Å². The lowest BCUT2D eigenvalue weighted by Gasteiger charge is -2.32. The van der Waals surface area contributed by atoms with Crippen LogP contribution in [0.5, 0.6) is 0 Å². The predicted molar refractivity (Wildman–Crippen MR) is 111 cm³/mol. The van der Waals surface area contributed by atoms with Gasteiger partial charge in [-0.2, -0.15) is 0 Å². The van der Waals surface area contributed by atoms with Crippen molar-refractivity contribution in [3.63, 3.8) is 0 Å². The highest BCUT2D eigenvalue weighted by Gasteiger charge is 2.46. The van der Waals surface area contributed by atoms with Gasteiger partial charge in [0, 0.05) is 13.6 Å². The molecule has 1 atom stereocenters. The first-order valence-electron chi connectivity index (χ1n) is 9.79. The summed E-state index contributed by atoms with van der Waals surface area (Å²) < 4.78 is 10.5. The molecule has 1 rings (SSSR count). The number of unbranched alkanes of at least 4 members (excludes halogenated alkanes) is 1. The third-order valence-electron chi connectivity index (χ3n) is 4.18. The smallest absolute Gasteiger partial charge is 0.407 e. The van der Waals surface area contributed by atoms with Gasteiger partial charge < -0.3 is 20.5 Å². The van der Waals surface area contributed by atoms with Gasteiger partial charge in [0.15, 0.2) is 5.54 Å². The number of amides is 2. The van der Waals surface area contributed by atoms with Gasteiger partial charge in [-0.3, -0.25) is 9.63 Å². The number of carbonyl (C=O) groups excluding carboxylic acids is 3. The fourth-order valence-corrected chi connectivity index (χ4v) is 2.52. The van der Waals surface area contributed by atoms with Crippen molar-refractivity contribution in [1.29, 1.82) is 0 Å². The van der Waals surface area contributed by atoms with Crippen molar-refractivity contribution in [3.05, 3.63) is 35.9 Å². The number of nitrogens with two attached hydrogens (primary N) is 1. The average molecular weight is 424 g/mol.